The number of hydrogen-bond donors (Lipinski definition) is 1. The van der Waals surface area contributed by atoms with E-state index < -0.39 is 0 Å². The van der Waals surface area contributed by atoms with Crippen molar-refractivity contribution in [3.63, 3.8) is 0 Å². The standard InChI is InChI=1S/C14H22N2O2/c1-8(2)12-13(17)15-11(9-6-7-9)14(18)16(12)10-4-3-5-10/h8-12H,3-7H2,1-2H3,(H,15,17). The molecule has 100 valence electrons. The van der Waals surface area contributed by atoms with Crippen LogP contribution in [0, 0.1) is 11.8 Å². The van der Waals surface area contributed by atoms with Crippen molar-refractivity contribution in [2.24, 2.45) is 11.8 Å². The lowest BCUT2D eigenvalue weighted by Crippen LogP contribution is -2.68. The Labute approximate surface area is 108 Å². The van der Waals surface area contributed by atoms with Gasteiger partial charge in [0.2, 0.25) is 11.8 Å². The molecular weight excluding hydrogens is 228 g/mol. The molecule has 0 radical (unpaired) electrons. The Hall–Kier alpha value is -1.06. The van der Waals surface area contributed by atoms with Crippen LogP contribution in [0.5, 0.6) is 0 Å². The van der Waals surface area contributed by atoms with Gasteiger partial charge in [0.05, 0.1) is 0 Å². The third kappa shape index (κ3) is 1.82. The molecule has 0 aromatic carbocycles. The molecule has 2 saturated carbocycles. The predicted molar refractivity (Wildman–Crippen MR) is 67.8 cm³/mol. The van der Waals surface area contributed by atoms with Gasteiger partial charge in [0, 0.05) is 6.04 Å². The molecule has 1 N–H and O–H groups in total. The molecule has 0 aromatic heterocycles. The first-order chi connectivity index (χ1) is 8.59. The average Bonchev–Trinajstić information content (AvgIpc) is 3.03. The smallest absolute Gasteiger partial charge is 0.246 e. The van der Waals surface area contributed by atoms with E-state index in [4.69, 9.17) is 0 Å². The number of nitrogens with zero attached hydrogens (tertiary/aromatic N) is 1. The minimum Gasteiger partial charge on any atom is -0.342 e. The fourth-order valence-corrected chi connectivity index (χ4v) is 3.17. The van der Waals surface area contributed by atoms with Gasteiger partial charge in [0.25, 0.3) is 0 Å². The second-order valence-electron chi connectivity index (χ2n) is 6.34. The van der Waals surface area contributed by atoms with Gasteiger partial charge in [-0.1, -0.05) is 13.8 Å². The zero-order valence-corrected chi connectivity index (χ0v) is 11.2. The van der Waals surface area contributed by atoms with Crippen LogP contribution in [0.2, 0.25) is 0 Å². The molecule has 0 aromatic rings. The lowest BCUT2D eigenvalue weighted by Gasteiger charge is -2.48. The second kappa shape index (κ2) is 4.25. The Morgan fingerprint density at radius 2 is 1.83 bits per heavy atom. The highest BCUT2D eigenvalue weighted by Gasteiger charge is 2.50. The molecule has 4 heteroatoms. The summed E-state index contributed by atoms with van der Waals surface area (Å²) in [5, 5.41) is 2.96. The number of amides is 2. The molecule has 4 nitrogen and oxygen atoms in total. The number of hydrogen-bond acceptors (Lipinski definition) is 2. The van der Waals surface area contributed by atoms with Crippen LogP contribution in [0.1, 0.15) is 46.0 Å². The summed E-state index contributed by atoms with van der Waals surface area (Å²) in [7, 11) is 0. The molecular formula is C14H22N2O2. The Kier molecular flexibility index (Phi) is 2.83. The largest absolute Gasteiger partial charge is 0.342 e. The van der Waals surface area contributed by atoms with Crippen molar-refractivity contribution in [1.82, 2.24) is 10.2 Å². The van der Waals surface area contributed by atoms with Gasteiger partial charge in [-0.15, -0.1) is 0 Å². The van der Waals surface area contributed by atoms with Gasteiger partial charge in [0.1, 0.15) is 12.1 Å². The molecule has 18 heavy (non-hydrogen) atoms. The van der Waals surface area contributed by atoms with Gasteiger partial charge in [-0.25, -0.2) is 0 Å². The lowest BCUT2D eigenvalue weighted by atomic mass is 9.85. The van der Waals surface area contributed by atoms with Gasteiger partial charge in [-0.2, -0.15) is 0 Å². The maximum Gasteiger partial charge on any atom is 0.246 e. The number of rotatable bonds is 3. The van der Waals surface area contributed by atoms with Crippen LogP contribution in [0.4, 0.5) is 0 Å². The van der Waals surface area contributed by atoms with Crippen molar-refractivity contribution in [2.75, 3.05) is 0 Å². The van der Waals surface area contributed by atoms with Crippen LogP contribution in [0.3, 0.4) is 0 Å². The summed E-state index contributed by atoms with van der Waals surface area (Å²) in [5.74, 6) is 0.834. The third-order valence-corrected chi connectivity index (χ3v) is 4.58. The molecule has 3 aliphatic rings. The van der Waals surface area contributed by atoms with E-state index in [2.05, 4.69) is 5.32 Å². The van der Waals surface area contributed by atoms with Crippen LogP contribution in [-0.4, -0.2) is 34.8 Å². The number of carbonyl (C=O) groups is 2. The molecule has 3 fully saturated rings. The summed E-state index contributed by atoms with van der Waals surface area (Å²) < 4.78 is 0. The van der Waals surface area contributed by atoms with Crippen LogP contribution in [0.25, 0.3) is 0 Å². The number of piperazine rings is 1. The fraction of sp³-hybridized carbons (Fsp3) is 0.857. The van der Waals surface area contributed by atoms with Crippen molar-refractivity contribution in [2.45, 2.75) is 64.1 Å². The summed E-state index contributed by atoms with van der Waals surface area (Å²) >= 11 is 0. The van der Waals surface area contributed by atoms with E-state index in [-0.39, 0.29) is 29.8 Å². The van der Waals surface area contributed by atoms with Crippen molar-refractivity contribution >= 4 is 11.8 Å². The van der Waals surface area contributed by atoms with Gasteiger partial charge >= 0.3 is 0 Å². The van der Waals surface area contributed by atoms with E-state index in [9.17, 15) is 9.59 Å². The summed E-state index contributed by atoms with van der Waals surface area (Å²) in [4.78, 5) is 26.8. The number of nitrogens with one attached hydrogen (secondary N) is 1. The molecule has 2 atom stereocenters. The van der Waals surface area contributed by atoms with Crippen molar-refractivity contribution in [1.29, 1.82) is 0 Å². The molecule has 1 aliphatic heterocycles. The summed E-state index contributed by atoms with van der Waals surface area (Å²) in [6.07, 6.45) is 5.50. The Morgan fingerprint density at radius 1 is 1.17 bits per heavy atom. The average molecular weight is 250 g/mol. The maximum atomic E-state index is 12.6. The predicted octanol–water partition coefficient (Wildman–Crippen LogP) is 1.30. The van der Waals surface area contributed by atoms with E-state index in [0.717, 1.165) is 25.7 Å². The molecule has 1 heterocycles. The molecule has 1 saturated heterocycles. The Bertz CT molecular complexity index is 372. The normalized spacial score (nSPS) is 33.6. The monoisotopic (exact) mass is 250 g/mol. The fourth-order valence-electron chi connectivity index (χ4n) is 3.17. The molecule has 3 rings (SSSR count). The first-order valence-electron chi connectivity index (χ1n) is 7.22. The van der Waals surface area contributed by atoms with E-state index in [1.807, 2.05) is 18.7 Å². The van der Waals surface area contributed by atoms with Crippen molar-refractivity contribution in [3.8, 4) is 0 Å². The van der Waals surface area contributed by atoms with Gasteiger partial charge < -0.3 is 10.2 Å². The quantitative estimate of drug-likeness (QED) is 0.821. The third-order valence-electron chi connectivity index (χ3n) is 4.58. The minimum absolute atomic E-state index is 0.0633. The topological polar surface area (TPSA) is 49.4 Å². The van der Waals surface area contributed by atoms with Crippen LogP contribution < -0.4 is 5.32 Å². The first-order valence-corrected chi connectivity index (χ1v) is 7.22. The Morgan fingerprint density at radius 3 is 2.28 bits per heavy atom. The lowest BCUT2D eigenvalue weighted by molar-refractivity contribution is -0.157. The molecule has 2 amide bonds. The van der Waals surface area contributed by atoms with Crippen LogP contribution in [-0.2, 0) is 9.59 Å². The van der Waals surface area contributed by atoms with E-state index in [0.29, 0.717) is 12.0 Å². The molecule has 2 unspecified atom stereocenters. The van der Waals surface area contributed by atoms with E-state index in [1.54, 1.807) is 0 Å². The summed E-state index contributed by atoms with van der Waals surface area (Å²) in [6.45, 7) is 4.06. The summed E-state index contributed by atoms with van der Waals surface area (Å²) in [5.41, 5.74) is 0. The number of carbonyl (C=O) groups excluding carboxylic acids is 2. The SMILES string of the molecule is CC(C)C1C(=O)NC(C2CC2)C(=O)N1C1CCC1. The summed E-state index contributed by atoms with van der Waals surface area (Å²) in [6, 6.07) is -0.164. The second-order valence-corrected chi connectivity index (χ2v) is 6.34. The minimum atomic E-state index is -0.252. The first kappa shape index (κ1) is 12.0. The van der Waals surface area contributed by atoms with Gasteiger partial charge in [-0.05, 0) is 43.9 Å². The maximum absolute atomic E-state index is 12.6. The van der Waals surface area contributed by atoms with Gasteiger partial charge in [-0.3, -0.25) is 9.59 Å². The zero-order chi connectivity index (χ0) is 12.9. The van der Waals surface area contributed by atoms with E-state index >= 15 is 0 Å². The van der Waals surface area contributed by atoms with Crippen LogP contribution >= 0.6 is 0 Å². The van der Waals surface area contributed by atoms with Crippen molar-refractivity contribution < 1.29 is 9.59 Å². The van der Waals surface area contributed by atoms with Crippen molar-refractivity contribution in [3.05, 3.63) is 0 Å². The molecule has 0 spiro atoms. The highest BCUT2D eigenvalue weighted by atomic mass is 16.2. The van der Waals surface area contributed by atoms with Crippen LogP contribution in [0.15, 0.2) is 0 Å². The molecule has 0 bridgehead atoms. The van der Waals surface area contributed by atoms with E-state index in [1.165, 1.54) is 6.42 Å². The Balaban J connectivity index is 1.85. The highest BCUT2D eigenvalue weighted by molar-refractivity contribution is 5.97. The zero-order valence-electron chi connectivity index (χ0n) is 11.2. The van der Waals surface area contributed by atoms with Gasteiger partial charge in [0.15, 0.2) is 0 Å². The highest BCUT2D eigenvalue weighted by Crippen LogP contribution is 2.38. The molecule has 2 aliphatic carbocycles.